The number of nitrogens with zero attached hydrogens (tertiary/aromatic N) is 5. The van der Waals surface area contributed by atoms with Crippen LogP contribution in [0.25, 0.3) is 16.5 Å². The van der Waals surface area contributed by atoms with Gasteiger partial charge >= 0.3 is 0 Å². The molecule has 0 N–H and O–H groups in total. The lowest BCUT2D eigenvalue weighted by Crippen LogP contribution is -2.32. The molecule has 37 heavy (non-hydrogen) atoms. The first-order chi connectivity index (χ1) is 17.5. The minimum Gasteiger partial charge on any atom is -0.378 e. The van der Waals surface area contributed by atoms with E-state index in [2.05, 4.69) is 35.9 Å². The van der Waals surface area contributed by atoms with Crippen LogP contribution in [0.3, 0.4) is 0 Å². The molecular formula is C28H39N5O3S. The highest BCUT2D eigenvalue weighted by Gasteiger charge is 2.24. The Morgan fingerprint density at radius 3 is 2.16 bits per heavy atom. The summed E-state index contributed by atoms with van der Waals surface area (Å²) in [5.74, 6) is -0.173. The molecule has 0 aliphatic heterocycles. The van der Waals surface area contributed by atoms with E-state index in [1.54, 1.807) is 37.1 Å². The van der Waals surface area contributed by atoms with Crippen LogP contribution in [0.4, 0.5) is 0 Å². The molecule has 9 heteroatoms. The van der Waals surface area contributed by atoms with Crippen molar-refractivity contribution in [3.63, 3.8) is 0 Å². The van der Waals surface area contributed by atoms with E-state index < -0.39 is 9.84 Å². The maximum atomic E-state index is 13.0. The van der Waals surface area contributed by atoms with Crippen molar-refractivity contribution >= 4 is 32.7 Å². The maximum absolute atomic E-state index is 13.0. The van der Waals surface area contributed by atoms with E-state index >= 15 is 0 Å². The quantitative estimate of drug-likeness (QED) is 0.396. The van der Waals surface area contributed by atoms with E-state index in [0.717, 1.165) is 17.3 Å². The van der Waals surface area contributed by atoms with Crippen LogP contribution in [0.5, 0.6) is 0 Å². The number of rotatable bonds is 8. The zero-order chi connectivity index (χ0) is 27.8. The number of amides is 1. The number of carbonyl (C=O) groups is 1. The van der Waals surface area contributed by atoms with Gasteiger partial charge in [0.15, 0.2) is 9.84 Å². The summed E-state index contributed by atoms with van der Waals surface area (Å²) in [6.45, 7) is 12.0. The van der Waals surface area contributed by atoms with Crippen LogP contribution in [0, 0.1) is 6.92 Å². The normalized spacial score (nSPS) is 11.9. The van der Waals surface area contributed by atoms with E-state index in [1.165, 1.54) is 16.6 Å². The standard InChI is InChI=1S/C20H23N3O3S.C8H16N2/c1-5-22(6-2)20(24)18-11-14(3)21-23(18)17-12-15-9-7-8-10-16(15)13-19(17)27(4,25)26;1-5-10(4)8(2)6-7-9-3/h7-13H,5-6H2,1-4H3;6-7H,5H2,1-4H3/b;8-6+,9-7?. The van der Waals surface area contributed by atoms with Gasteiger partial charge in [-0.1, -0.05) is 24.3 Å². The first-order valence-electron chi connectivity index (χ1n) is 12.4. The highest BCUT2D eigenvalue weighted by Crippen LogP contribution is 2.28. The zero-order valence-corrected chi connectivity index (χ0v) is 24.0. The Hall–Kier alpha value is -3.46. The fourth-order valence-electron chi connectivity index (χ4n) is 3.74. The molecule has 2 aromatic carbocycles. The van der Waals surface area contributed by atoms with Gasteiger partial charge < -0.3 is 9.80 Å². The van der Waals surface area contributed by atoms with Gasteiger partial charge in [0.1, 0.15) is 5.69 Å². The fraction of sp³-hybridized carbons (Fsp3) is 0.393. The van der Waals surface area contributed by atoms with Crippen molar-refractivity contribution in [1.29, 1.82) is 0 Å². The summed E-state index contributed by atoms with van der Waals surface area (Å²) in [5.41, 5.74) is 2.64. The van der Waals surface area contributed by atoms with Gasteiger partial charge in [-0.3, -0.25) is 9.79 Å². The topological polar surface area (TPSA) is 87.9 Å². The molecular weight excluding hydrogens is 486 g/mol. The molecule has 3 rings (SSSR count). The molecule has 8 nitrogen and oxygen atoms in total. The Bertz CT molecular complexity index is 1390. The number of sulfone groups is 1. The summed E-state index contributed by atoms with van der Waals surface area (Å²) in [6, 6.07) is 12.6. The molecule has 0 radical (unpaired) electrons. The van der Waals surface area contributed by atoms with Gasteiger partial charge in [0, 0.05) is 51.9 Å². The first-order valence-corrected chi connectivity index (χ1v) is 14.3. The Labute approximate surface area is 221 Å². The van der Waals surface area contributed by atoms with Gasteiger partial charge in [-0.05, 0) is 69.7 Å². The summed E-state index contributed by atoms with van der Waals surface area (Å²) in [4.78, 5) is 20.8. The predicted octanol–water partition coefficient (Wildman–Crippen LogP) is 4.76. The van der Waals surface area contributed by atoms with Crippen molar-refractivity contribution in [1.82, 2.24) is 19.6 Å². The number of aliphatic imine (C=N–C) groups is 1. The number of allylic oxidation sites excluding steroid dienone is 2. The third-order valence-electron chi connectivity index (χ3n) is 6.10. The number of aryl methyl sites for hydroxylation is 1. The van der Waals surface area contributed by atoms with Crippen LogP contribution >= 0.6 is 0 Å². The van der Waals surface area contributed by atoms with Gasteiger partial charge in [-0.15, -0.1) is 0 Å². The van der Waals surface area contributed by atoms with Crippen LogP contribution in [0.2, 0.25) is 0 Å². The number of hydrogen-bond donors (Lipinski definition) is 0. The average Bonchev–Trinajstić information content (AvgIpc) is 3.27. The van der Waals surface area contributed by atoms with Crippen molar-refractivity contribution in [3.05, 3.63) is 65.6 Å². The molecule has 3 aromatic rings. The van der Waals surface area contributed by atoms with Gasteiger partial charge in [0.25, 0.3) is 5.91 Å². The molecule has 200 valence electrons. The molecule has 0 spiro atoms. The Morgan fingerprint density at radius 1 is 1.05 bits per heavy atom. The van der Waals surface area contributed by atoms with E-state index in [9.17, 15) is 13.2 Å². The number of aromatic nitrogens is 2. The third kappa shape index (κ3) is 7.52. The molecule has 1 amide bonds. The fourth-order valence-corrected chi connectivity index (χ4v) is 4.60. The molecule has 1 heterocycles. The van der Waals surface area contributed by atoms with Crippen molar-refractivity contribution < 1.29 is 13.2 Å². The lowest BCUT2D eigenvalue weighted by molar-refractivity contribution is 0.0763. The van der Waals surface area contributed by atoms with Crippen molar-refractivity contribution in [3.8, 4) is 5.69 Å². The SMILES string of the molecule is CCN(C)/C(C)=C/C=NC.CCN(CC)C(=O)c1cc(C)nn1-c1cc2ccccc2cc1S(C)(=O)=O. The number of hydrogen-bond acceptors (Lipinski definition) is 6. The van der Waals surface area contributed by atoms with Gasteiger partial charge in [-0.25, -0.2) is 13.1 Å². The molecule has 0 saturated heterocycles. The summed E-state index contributed by atoms with van der Waals surface area (Å²) in [7, 11) is 0.315. The third-order valence-corrected chi connectivity index (χ3v) is 7.22. The minimum absolute atomic E-state index is 0.151. The van der Waals surface area contributed by atoms with Crippen LogP contribution in [0.15, 0.2) is 64.1 Å². The number of carbonyl (C=O) groups excluding carboxylic acids is 1. The molecule has 0 aliphatic rings. The highest BCUT2D eigenvalue weighted by atomic mass is 32.2. The summed E-state index contributed by atoms with van der Waals surface area (Å²) < 4.78 is 26.4. The Morgan fingerprint density at radius 2 is 1.65 bits per heavy atom. The number of fused-ring (bicyclic) bond motifs is 1. The Balaban J connectivity index is 0.000000410. The monoisotopic (exact) mass is 525 g/mol. The van der Waals surface area contributed by atoms with Crippen LogP contribution in [-0.2, 0) is 9.84 Å². The average molecular weight is 526 g/mol. The second kappa shape index (κ2) is 13.2. The van der Waals surface area contributed by atoms with E-state index in [1.807, 2.05) is 50.4 Å². The number of benzene rings is 2. The van der Waals surface area contributed by atoms with Crippen LogP contribution in [-0.4, -0.2) is 80.1 Å². The molecule has 0 unspecified atom stereocenters. The second-order valence-electron chi connectivity index (χ2n) is 8.73. The Kier molecular flexibility index (Phi) is 10.6. The largest absolute Gasteiger partial charge is 0.378 e. The van der Waals surface area contributed by atoms with Gasteiger partial charge in [0.05, 0.1) is 16.3 Å². The highest BCUT2D eigenvalue weighted by molar-refractivity contribution is 7.90. The summed E-state index contributed by atoms with van der Waals surface area (Å²) >= 11 is 0. The van der Waals surface area contributed by atoms with Gasteiger partial charge in [-0.2, -0.15) is 5.10 Å². The van der Waals surface area contributed by atoms with Crippen molar-refractivity contribution in [2.75, 3.05) is 40.0 Å². The minimum atomic E-state index is -3.52. The summed E-state index contributed by atoms with van der Waals surface area (Å²) in [6.07, 6.45) is 4.98. The molecule has 0 bridgehead atoms. The van der Waals surface area contributed by atoms with Crippen LogP contribution < -0.4 is 0 Å². The molecule has 0 aliphatic carbocycles. The van der Waals surface area contributed by atoms with E-state index in [-0.39, 0.29) is 10.8 Å². The molecule has 0 saturated carbocycles. The van der Waals surface area contributed by atoms with Crippen LogP contribution in [0.1, 0.15) is 43.9 Å². The predicted molar refractivity (Wildman–Crippen MR) is 153 cm³/mol. The maximum Gasteiger partial charge on any atom is 0.272 e. The van der Waals surface area contributed by atoms with E-state index in [0.29, 0.717) is 30.2 Å². The molecule has 1 aromatic heterocycles. The second-order valence-corrected chi connectivity index (χ2v) is 10.7. The van der Waals surface area contributed by atoms with Crippen molar-refractivity contribution in [2.45, 2.75) is 39.5 Å². The molecule has 0 fully saturated rings. The lowest BCUT2D eigenvalue weighted by Gasteiger charge is -2.20. The first kappa shape index (κ1) is 29.8. The summed E-state index contributed by atoms with van der Waals surface area (Å²) in [5, 5.41) is 6.14. The molecule has 0 atom stereocenters. The van der Waals surface area contributed by atoms with E-state index in [4.69, 9.17) is 0 Å². The smallest absolute Gasteiger partial charge is 0.272 e. The zero-order valence-electron chi connectivity index (χ0n) is 23.2. The lowest BCUT2D eigenvalue weighted by atomic mass is 10.1. The van der Waals surface area contributed by atoms with Gasteiger partial charge in [0.2, 0.25) is 0 Å². The van der Waals surface area contributed by atoms with Crippen molar-refractivity contribution in [2.24, 2.45) is 4.99 Å².